The van der Waals surface area contributed by atoms with Crippen LogP contribution in [0.15, 0.2) is 192 Å². The number of thiophene rings is 1. The van der Waals surface area contributed by atoms with E-state index in [0.717, 1.165) is 61.3 Å². The van der Waals surface area contributed by atoms with Crippen LogP contribution in [0.25, 0.3) is 75.5 Å². The zero-order valence-electron chi connectivity index (χ0n) is 27.7. The fourth-order valence-electron chi connectivity index (χ4n) is 7.47. The van der Waals surface area contributed by atoms with Crippen LogP contribution < -0.4 is 4.90 Å². The average molecular weight is 670 g/mol. The van der Waals surface area contributed by atoms with Gasteiger partial charge in [-0.3, -0.25) is 0 Å². The second-order valence-electron chi connectivity index (χ2n) is 12.9. The third-order valence-corrected chi connectivity index (χ3v) is 11.0. The van der Waals surface area contributed by atoms with E-state index >= 15 is 0 Å². The van der Waals surface area contributed by atoms with Crippen LogP contribution in [0.4, 0.5) is 17.1 Å². The van der Waals surface area contributed by atoms with E-state index in [1.165, 1.54) is 31.3 Å². The monoisotopic (exact) mass is 669 g/mol. The van der Waals surface area contributed by atoms with E-state index < -0.39 is 0 Å². The number of hydrogen-bond acceptors (Lipinski definition) is 3. The maximum atomic E-state index is 6.83. The molecule has 0 aliphatic carbocycles. The smallest absolute Gasteiger partial charge is 0.160 e. The lowest BCUT2D eigenvalue weighted by Gasteiger charge is -2.30. The molecule has 0 saturated carbocycles. The third-order valence-electron chi connectivity index (χ3n) is 9.90. The maximum absolute atomic E-state index is 6.83. The number of fused-ring (bicyclic) bond motifs is 6. The van der Waals surface area contributed by atoms with Gasteiger partial charge in [0.15, 0.2) is 5.58 Å². The van der Waals surface area contributed by atoms with E-state index in [4.69, 9.17) is 4.42 Å². The Hall–Kier alpha value is -6.42. The number of nitrogens with zero attached hydrogens (tertiary/aromatic N) is 1. The van der Waals surface area contributed by atoms with Gasteiger partial charge in [0.05, 0.1) is 11.4 Å². The van der Waals surface area contributed by atoms with Crippen LogP contribution in [0.3, 0.4) is 0 Å². The molecule has 10 rings (SSSR count). The molecule has 10 aromatic rings. The molecule has 51 heavy (non-hydrogen) atoms. The Morgan fingerprint density at radius 1 is 0.392 bits per heavy atom. The molecule has 0 spiro atoms. The molecule has 8 aromatic carbocycles. The SMILES string of the molecule is c1ccc(-c2ccccc2N(c2ccc(-c3ccc4c(c3)sc3ccccc34)cc2)c2c(-c3ccccc3)ccc3c2oc2ccccc23)cc1. The number of anilines is 3. The first-order valence-corrected chi connectivity index (χ1v) is 18.1. The Morgan fingerprint density at radius 2 is 1.00 bits per heavy atom. The zero-order valence-corrected chi connectivity index (χ0v) is 28.5. The van der Waals surface area contributed by atoms with Crippen molar-refractivity contribution in [2.24, 2.45) is 0 Å². The van der Waals surface area contributed by atoms with E-state index in [1.54, 1.807) is 0 Å². The van der Waals surface area contributed by atoms with Crippen molar-refractivity contribution in [3.05, 3.63) is 188 Å². The standard InChI is InChI=1S/C48H31NOS/c1-3-13-33(14-4-1)37-17-7-10-20-43(37)49(36-26-23-32(24-27-36)35-25-28-41-40-19-9-12-22-45(40)51-46(41)31-35)47-38(34-15-5-2-6-16-34)29-30-42-39-18-8-11-21-44(39)50-48(42)47/h1-31H. The van der Waals surface area contributed by atoms with Gasteiger partial charge >= 0.3 is 0 Å². The molecule has 0 fully saturated rings. The summed E-state index contributed by atoms with van der Waals surface area (Å²) in [5, 5.41) is 4.83. The molecule has 0 bridgehead atoms. The summed E-state index contributed by atoms with van der Waals surface area (Å²) in [4.78, 5) is 2.40. The van der Waals surface area contributed by atoms with Crippen LogP contribution in [-0.4, -0.2) is 0 Å². The summed E-state index contributed by atoms with van der Waals surface area (Å²) in [5.41, 5.74) is 11.8. The molecule has 0 saturated heterocycles. The van der Waals surface area contributed by atoms with Gasteiger partial charge in [-0.1, -0.05) is 146 Å². The Morgan fingerprint density at radius 3 is 1.80 bits per heavy atom. The summed E-state index contributed by atoms with van der Waals surface area (Å²) in [5.74, 6) is 0. The lowest BCUT2D eigenvalue weighted by Crippen LogP contribution is -2.13. The molecule has 0 amide bonds. The van der Waals surface area contributed by atoms with Crippen LogP contribution in [0.5, 0.6) is 0 Å². The van der Waals surface area contributed by atoms with Crippen molar-refractivity contribution >= 4 is 70.5 Å². The van der Waals surface area contributed by atoms with E-state index in [9.17, 15) is 0 Å². The normalized spacial score (nSPS) is 11.5. The summed E-state index contributed by atoms with van der Waals surface area (Å²) in [6.45, 7) is 0. The van der Waals surface area contributed by atoms with Gasteiger partial charge in [-0.2, -0.15) is 0 Å². The predicted molar refractivity (Wildman–Crippen MR) is 218 cm³/mol. The first kappa shape index (κ1) is 29.5. The van der Waals surface area contributed by atoms with Gasteiger partial charge in [0.25, 0.3) is 0 Å². The van der Waals surface area contributed by atoms with Crippen LogP contribution in [0.1, 0.15) is 0 Å². The molecule has 0 unspecified atom stereocenters. The highest BCUT2D eigenvalue weighted by Crippen LogP contribution is 2.49. The number of para-hydroxylation sites is 2. The molecule has 2 nitrogen and oxygen atoms in total. The summed E-state index contributed by atoms with van der Waals surface area (Å²) in [6.07, 6.45) is 0. The second kappa shape index (κ2) is 12.2. The molecule has 0 radical (unpaired) electrons. The van der Waals surface area contributed by atoms with Gasteiger partial charge in [-0.05, 0) is 64.7 Å². The first-order chi connectivity index (χ1) is 25.3. The molecular weight excluding hydrogens is 639 g/mol. The van der Waals surface area contributed by atoms with Crippen LogP contribution in [-0.2, 0) is 0 Å². The molecule has 3 heteroatoms. The van der Waals surface area contributed by atoms with Gasteiger partial charge in [0.2, 0.25) is 0 Å². The number of furan rings is 1. The van der Waals surface area contributed by atoms with Gasteiger partial charge in [0, 0.05) is 47.8 Å². The van der Waals surface area contributed by atoms with Gasteiger partial charge in [-0.25, -0.2) is 0 Å². The summed E-state index contributed by atoms with van der Waals surface area (Å²) in [7, 11) is 0. The fourth-order valence-corrected chi connectivity index (χ4v) is 8.62. The minimum absolute atomic E-state index is 0.861. The lowest BCUT2D eigenvalue weighted by atomic mass is 9.97. The van der Waals surface area contributed by atoms with Gasteiger partial charge in [-0.15, -0.1) is 11.3 Å². The average Bonchev–Trinajstić information content (AvgIpc) is 3.77. The van der Waals surface area contributed by atoms with Crippen molar-refractivity contribution in [1.29, 1.82) is 0 Å². The van der Waals surface area contributed by atoms with Gasteiger partial charge < -0.3 is 9.32 Å². The largest absolute Gasteiger partial charge is 0.454 e. The fraction of sp³-hybridized carbons (Fsp3) is 0. The van der Waals surface area contributed by atoms with E-state index in [0.29, 0.717) is 0 Å². The molecule has 0 aliphatic rings. The molecule has 2 aromatic heterocycles. The van der Waals surface area contributed by atoms with Crippen molar-refractivity contribution in [3.63, 3.8) is 0 Å². The third kappa shape index (κ3) is 5.01. The first-order valence-electron chi connectivity index (χ1n) is 17.3. The van der Waals surface area contributed by atoms with Crippen molar-refractivity contribution in [1.82, 2.24) is 0 Å². The number of hydrogen-bond donors (Lipinski definition) is 0. The van der Waals surface area contributed by atoms with E-state index in [-0.39, 0.29) is 0 Å². The summed E-state index contributed by atoms with van der Waals surface area (Å²) < 4.78 is 9.46. The molecule has 0 aliphatic heterocycles. The molecule has 0 N–H and O–H groups in total. The second-order valence-corrected chi connectivity index (χ2v) is 14.0. The minimum atomic E-state index is 0.861. The summed E-state index contributed by atoms with van der Waals surface area (Å²) >= 11 is 1.86. The summed E-state index contributed by atoms with van der Waals surface area (Å²) in [6, 6.07) is 67.3. The van der Waals surface area contributed by atoms with Crippen molar-refractivity contribution in [2.45, 2.75) is 0 Å². The number of benzene rings is 8. The highest BCUT2D eigenvalue weighted by molar-refractivity contribution is 7.25. The van der Waals surface area contributed by atoms with Crippen molar-refractivity contribution in [2.75, 3.05) is 4.90 Å². The van der Waals surface area contributed by atoms with E-state index in [1.807, 2.05) is 17.4 Å². The molecular formula is C48H31NOS. The predicted octanol–water partition coefficient (Wildman–Crippen LogP) is 14.4. The maximum Gasteiger partial charge on any atom is 0.160 e. The van der Waals surface area contributed by atoms with Crippen molar-refractivity contribution < 1.29 is 4.42 Å². The molecule has 2 heterocycles. The molecule has 240 valence electrons. The quantitative estimate of drug-likeness (QED) is 0.175. The highest BCUT2D eigenvalue weighted by atomic mass is 32.1. The Bertz CT molecular complexity index is 2850. The number of rotatable bonds is 6. The Labute approximate surface area is 300 Å². The van der Waals surface area contributed by atoms with Crippen LogP contribution in [0, 0.1) is 0 Å². The highest BCUT2D eigenvalue weighted by Gasteiger charge is 2.25. The molecule has 0 atom stereocenters. The Balaban J connectivity index is 1.21. The van der Waals surface area contributed by atoms with Crippen molar-refractivity contribution in [3.8, 4) is 33.4 Å². The van der Waals surface area contributed by atoms with Gasteiger partial charge in [0.1, 0.15) is 5.58 Å². The lowest BCUT2D eigenvalue weighted by molar-refractivity contribution is 0.669. The van der Waals surface area contributed by atoms with E-state index in [2.05, 4.69) is 187 Å². The minimum Gasteiger partial charge on any atom is -0.454 e. The zero-order chi connectivity index (χ0) is 33.7. The Kier molecular flexibility index (Phi) is 7.04. The topological polar surface area (TPSA) is 16.4 Å². The van der Waals surface area contributed by atoms with Crippen LogP contribution in [0.2, 0.25) is 0 Å². The van der Waals surface area contributed by atoms with Crippen LogP contribution >= 0.6 is 11.3 Å².